The van der Waals surface area contributed by atoms with E-state index in [1.807, 2.05) is 18.2 Å². The van der Waals surface area contributed by atoms with Gasteiger partial charge in [-0.15, -0.1) is 0 Å². The number of benzene rings is 1. The van der Waals surface area contributed by atoms with Gasteiger partial charge in [0.1, 0.15) is 4.99 Å². The van der Waals surface area contributed by atoms with E-state index in [1.54, 1.807) is 0 Å². The van der Waals surface area contributed by atoms with Crippen molar-refractivity contribution in [1.29, 1.82) is 0 Å². The van der Waals surface area contributed by atoms with E-state index in [9.17, 15) is 0 Å². The molecule has 16 heavy (non-hydrogen) atoms. The fraction of sp³-hybridized carbons (Fsp3) is 0.417. The summed E-state index contributed by atoms with van der Waals surface area (Å²) in [5, 5.41) is 4.15. The van der Waals surface area contributed by atoms with Crippen molar-refractivity contribution in [1.82, 2.24) is 0 Å². The van der Waals surface area contributed by atoms with Crippen LogP contribution in [0.15, 0.2) is 18.2 Å². The minimum absolute atomic E-state index is 0.203. The molecule has 1 aromatic carbocycles. The number of hydrogen-bond donors (Lipinski definition) is 2. The molecule has 86 valence electrons. The maximum atomic E-state index is 6.18. The molecule has 1 saturated carbocycles. The van der Waals surface area contributed by atoms with E-state index >= 15 is 0 Å². The number of thiocarbonyl (C=S) groups is 1. The molecule has 1 aliphatic rings. The molecular formula is C12H15ClN2S. The van der Waals surface area contributed by atoms with Gasteiger partial charge in [-0.2, -0.15) is 0 Å². The minimum atomic E-state index is 0.203. The molecule has 4 heteroatoms. The lowest BCUT2D eigenvalue weighted by molar-refractivity contribution is 0.306. The molecule has 1 aliphatic carbocycles. The van der Waals surface area contributed by atoms with Gasteiger partial charge < -0.3 is 11.1 Å². The lowest BCUT2D eigenvalue weighted by Crippen LogP contribution is -2.41. The van der Waals surface area contributed by atoms with E-state index < -0.39 is 0 Å². The lowest BCUT2D eigenvalue weighted by atomic mass is 9.78. The largest absolute Gasteiger partial charge is 0.389 e. The van der Waals surface area contributed by atoms with Crippen LogP contribution in [0.5, 0.6) is 0 Å². The Balaban J connectivity index is 2.19. The lowest BCUT2D eigenvalue weighted by Gasteiger charge is -2.40. The smallest absolute Gasteiger partial charge is 0.104 e. The molecule has 0 saturated heterocycles. The number of nitrogens with one attached hydrogen (secondary N) is 1. The molecule has 0 spiro atoms. The molecule has 2 rings (SSSR count). The standard InChI is InChI=1S/C12H15ClN2S/c1-12(5-2-6-12)15-10-4-3-8(11(14)16)7-9(10)13/h3-4,7,15H,2,5-6H2,1H3,(H2,14,16). The summed E-state index contributed by atoms with van der Waals surface area (Å²) in [5.41, 5.74) is 7.52. The second-order valence-corrected chi connectivity index (χ2v) is 5.45. The predicted octanol–water partition coefficient (Wildman–Crippen LogP) is 3.33. The van der Waals surface area contributed by atoms with Crippen molar-refractivity contribution in [3.63, 3.8) is 0 Å². The predicted molar refractivity (Wildman–Crippen MR) is 73.2 cm³/mol. The highest BCUT2D eigenvalue weighted by Gasteiger charge is 2.31. The number of rotatable bonds is 3. The van der Waals surface area contributed by atoms with Crippen LogP contribution in [0.1, 0.15) is 31.7 Å². The summed E-state index contributed by atoms with van der Waals surface area (Å²) in [6.07, 6.45) is 3.67. The first-order valence-corrected chi connectivity index (χ1v) is 6.16. The Bertz CT molecular complexity index is 427. The quantitative estimate of drug-likeness (QED) is 0.813. The fourth-order valence-electron chi connectivity index (χ4n) is 1.93. The average Bonchev–Trinajstić information content (AvgIpc) is 2.18. The van der Waals surface area contributed by atoms with Crippen molar-refractivity contribution in [2.45, 2.75) is 31.7 Å². The van der Waals surface area contributed by atoms with Gasteiger partial charge in [0.25, 0.3) is 0 Å². The van der Waals surface area contributed by atoms with Gasteiger partial charge in [-0.1, -0.05) is 23.8 Å². The van der Waals surface area contributed by atoms with E-state index in [0.29, 0.717) is 10.0 Å². The Hall–Kier alpha value is -0.800. The first-order valence-electron chi connectivity index (χ1n) is 5.38. The van der Waals surface area contributed by atoms with Crippen molar-refractivity contribution in [2.75, 3.05) is 5.32 Å². The molecule has 0 heterocycles. The monoisotopic (exact) mass is 254 g/mol. The third-order valence-corrected chi connectivity index (χ3v) is 3.70. The number of anilines is 1. The molecule has 0 radical (unpaired) electrons. The third kappa shape index (κ3) is 2.30. The first kappa shape index (κ1) is 11.7. The molecule has 0 amide bonds. The van der Waals surface area contributed by atoms with Gasteiger partial charge in [0, 0.05) is 11.1 Å². The van der Waals surface area contributed by atoms with Crippen LogP contribution in [0.25, 0.3) is 0 Å². The molecule has 0 unspecified atom stereocenters. The van der Waals surface area contributed by atoms with Gasteiger partial charge in [0.05, 0.1) is 10.7 Å². The second kappa shape index (κ2) is 4.22. The summed E-state index contributed by atoms with van der Waals surface area (Å²) in [5.74, 6) is 0. The van der Waals surface area contributed by atoms with Crippen LogP contribution in [0.2, 0.25) is 5.02 Å². The summed E-state index contributed by atoms with van der Waals surface area (Å²) in [7, 11) is 0. The SMILES string of the molecule is CC1(Nc2ccc(C(N)=S)cc2Cl)CCC1. The van der Waals surface area contributed by atoms with E-state index in [0.717, 1.165) is 11.3 Å². The summed E-state index contributed by atoms with van der Waals surface area (Å²) in [6, 6.07) is 5.66. The van der Waals surface area contributed by atoms with Crippen LogP contribution < -0.4 is 11.1 Å². The Morgan fingerprint density at radius 2 is 2.19 bits per heavy atom. The second-order valence-electron chi connectivity index (χ2n) is 4.60. The zero-order valence-electron chi connectivity index (χ0n) is 9.22. The Labute approximate surface area is 106 Å². The fourth-order valence-corrected chi connectivity index (χ4v) is 2.28. The average molecular weight is 255 g/mol. The molecule has 2 nitrogen and oxygen atoms in total. The molecule has 0 aliphatic heterocycles. The number of nitrogens with two attached hydrogens (primary N) is 1. The summed E-state index contributed by atoms with van der Waals surface area (Å²) >= 11 is 11.1. The van der Waals surface area contributed by atoms with Gasteiger partial charge in [0.2, 0.25) is 0 Å². The van der Waals surface area contributed by atoms with E-state index in [2.05, 4.69) is 12.2 Å². The van der Waals surface area contributed by atoms with E-state index in [1.165, 1.54) is 19.3 Å². The molecule has 0 bridgehead atoms. The highest BCUT2D eigenvalue weighted by atomic mass is 35.5. The van der Waals surface area contributed by atoms with Crippen molar-refractivity contribution in [3.05, 3.63) is 28.8 Å². The van der Waals surface area contributed by atoms with Crippen LogP contribution in [-0.4, -0.2) is 10.5 Å². The molecule has 1 fully saturated rings. The van der Waals surface area contributed by atoms with Gasteiger partial charge in [-0.25, -0.2) is 0 Å². The third-order valence-electron chi connectivity index (χ3n) is 3.15. The van der Waals surface area contributed by atoms with Crippen LogP contribution >= 0.6 is 23.8 Å². The zero-order chi connectivity index (χ0) is 11.8. The van der Waals surface area contributed by atoms with Crippen molar-refractivity contribution < 1.29 is 0 Å². The topological polar surface area (TPSA) is 38.0 Å². The van der Waals surface area contributed by atoms with Gasteiger partial charge >= 0.3 is 0 Å². The first-order chi connectivity index (χ1) is 7.50. The van der Waals surface area contributed by atoms with Gasteiger partial charge in [-0.3, -0.25) is 0 Å². The van der Waals surface area contributed by atoms with Crippen LogP contribution in [0.4, 0.5) is 5.69 Å². The minimum Gasteiger partial charge on any atom is -0.389 e. The highest BCUT2D eigenvalue weighted by molar-refractivity contribution is 7.80. The van der Waals surface area contributed by atoms with Crippen molar-refractivity contribution in [2.24, 2.45) is 5.73 Å². The summed E-state index contributed by atoms with van der Waals surface area (Å²) in [6.45, 7) is 2.22. The molecule has 1 aromatic rings. The maximum Gasteiger partial charge on any atom is 0.104 e. The van der Waals surface area contributed by atoms with Crippen LogP contribution in [0, 0.1) is 0 Å². The summed E-state index contributed by atoms with van der Waals surface area (Å²) in [4.78, 5) is 0.378. The Morgan fingerprint density at radius 3 is 2.62 bits per heavy atom. The maximum absolute atomic E-state index is 6.18. The Kier molecular flexibility index (Phi) is 3.08. The van der Waals surface area contributed by atoms with Gasteiger partial charge in [-0.05, 0) is 44.4 Å². The molecule has 0 aromatic heterocycles. The Morgan fingerprint density at radius 1 is 1.50 bits per heavy atom. The normalized spacial score (nSPS) is 17.6. The van der Waals surface area contributed by atoms with Crippen molar-refractivity contribution in [3.8, 4) is 0 Å². The van der Waals surface area contributed by atoms with Crippen LogP contribution in [0.3, 0.4) is 0 Å². The van der Waals surface area contributed by atoms with Gasteiger partial charge in [0.15, 0.2) is 0 Å². The highest BCUT2D eigenvalue weighted by Crippen LogP contribution is 2.36. The molecular weight excluding hydrogens is 240 g/mol. The van der Waals surface area contributed by atoms with Crippen LogP contribution in [-0.2, 0) is 0 Å². The number of hydrogen-bond acceptors (Lipinski definition) is 2. The van der Waals surface area contributed by atoms with E-state index in [4.69, 9.17) is 29.6 Å². The van der Waals surface area contributed by atoms with Crippen molar-refractivity contribution >= 4 is 34.5 Å². The van der Waals surface area contributed by atoms with E-state index in [-0.39, 0.29) is 5.54 Å². The molecule has 0 atom stereocenters. The number of halogens is 1. The summed E-state index contributed by atoms with van der Waals surface area (Å²) < 4.78 is 0. The zero-order valence-corrected chi connectivity index (χ0v) is 10.8. The molecule has 3 N–H and O–H groups in total.